The minimum Gasteiger partial charge on any atom is -0.489 e. The molecule has 1 aliphatic carbocycles. The first kappa shape index (κ1) is 18.8. The minimum absolute atomic E-state index is 0.0780. The highest BCUT2D eigenvalue weighted by molar-refractivity contribution is 6.29. The van der Waals surface area contributed by atoms with Crippen molar-refractivity contribution in [2.75, 3.05) is 11.4 Å². The normalized spacial score (nSPS) is 23.2. The number of aliphatic carboxylic acids is 1. The molecule has 0 unspecified atom stereocenters. The summed E-state index contributed by atoms with van der Waals surface area (Å²) in [6, 6.07) is 5.13. The summed E-state index contributed by atoms with van der Waals surface area (Å²) in [5.41, 5.74) is 0.934. The minimum atomic E-state index is -1.07. The number of hydrogen-bond acceptors (Lipinski definition) is 6. The van der Waals surface area contributed by atoms with E-state index in [1.807, 2.05) is 6.07 Å². The fraction of sp³-hybridized carbons (Fsp3) is 0.350. The number of carbonyl (C=O) groups is 2. The zero-order valence-corrected chi connectivity index (χ0v) is 16.6. The van der Waals surface area contributed by atoms with Crippen molar-refractivity contribution in [2.45, 2.75) is 37.2 Å². The molecule has 3 aromatic rings. The molecule has 1 spiro atoms. The maximum absolute atomic E-state index is 13.3. The van der Waals surface area contributed by atoms with Crippen LogP contribution in [0.2, 0.25) is 5.15 Å². The summed E-state index contributed by atoms with van der Waals surface area (Å²) in [5, 5.41) is 17.2. The lowest BCUT2D eigenvalue weighted by Gasteiger charge is -2.35. The van der Waals surface area contributed by atoms with Crippen LogP contribution < -0.4 is 9.64 Å². The number of pyridine rings is 2. The largest absolute Gasteiger partial charge is 0.489 e. The van der Waals surface area contributed by atoms with Gasteiger partial charge in [0.25, 0.3) is 0 Å². The number of anilines is 1. The molecule has 0 radical (unpaired) electrons. The summed E-state index contributed by atoms with van der Waals surface area (Å²) < 4.78 is 6.10. The van der Waals surface area contributed by atoms with Gasteiger partial charge in [-0.3, -0.25) is 19.6 Å². The molecule has 0 aromatic carbocycles. The van der Waals surface area contributed by atoms with Gasteiger partial charge in [-0.2, -0.15) is 5.10 Å². The summed E-state index contributed by atoms with van der Waals surface area (Å²) in [6.45, 7) is -0.396. The van der Waals surface area contributed by atoms with Crippen LogP contribution in [-0.2, 0) is 15.0 Å². The van der Waals surface area contributed by atoms with E-state index < -0.39 is 17.9 Å². The van der Waals surface area contributed by atoms with Gasteiger partial charge in [0.05, 0.1) is 35.3 Å². The fourth-order valence-corrected chi connectivity index (χ4v) is 4.63. The molecule has 3 aromatic heterocycles. The molecule has 30 heavy (non-hydrogen) atoms. The number of carboxylic acid groups (broad SMARTS) is 1. The van der Waals surface area contributed by atoms with Gasteiger partial charge in [-0.25, -0.2) is 9.97 Å². The molecule has 4 heterocycles. The summed E-state index contributed by atoms with van der Waals surface area (Å²) in [5.74, 6) is -0.647. The van der Waals surface area contributed by atoms with Crippen LogP contribution in [0.15, 0.2) is 30.6 Å². The molecular formula is C20H18ClN5O4. The van der Waals surface area contributed by atoms with Crippen molar-refractivity contribution in [1.29, 1.82) is 0 Å². The molecule has 154 valence electrons. The van der Waals surface area contributed by atoms with Crippen LogP contribution in [0.4, 0.5) is 5.69 Å². The van der Waals surface area contributed by atoms with E-state index in [0.717, 1.165) is 5.39 Å². The molecule has 1 fully saturated rings. The third kappa shape index (κ3) is 2.97. The quantitative estimate of drug-likeness (QED) is 0.614. The number of carbonyl (C=O) groups excluding carboxylic acids is 1. The third-order valence-corrected chi connectivity index (χ3v) is 6.10. The summed E-state index contributed by atoms with van der Waals surface area (Å²) >= 11 is 6.10. The van der Waals surface area contributed by atoms with E-state index in [9.17, 15) is 14.7 Å². The van der Waals surface area contributed by atoms with Gasteiger partial charge < -0.3 is 9.84 Å². The van der Waals surface area contributed by atoms with Crippen molar-refractivity contribution < 1.29 is 19.4 Å². The highest BCUT2D eigenvalue weighted by Crippen LogP contribution is 2.49. The summed E-state index contributed by atoms with van der Waals surface area (Å²) in [4.78, 5) is 34.6. The van der Waals surface area contributed by atoms with E-state index in [-0.39, 0.29) is 17.2 Å². The van der Waals surface area contributed by atoms with E-state index >= 15 is 0 Å². The standard InChI is InChI=1S/C20H18ClN5O4/c21-15-2-1-14-17(24-15)20(19(29)26(14)10-16(27)28)5-3-12(4-6-20)30-13-7-11-8-23-25-18(11)22-9-13/h1-2,7-9,12H,3-6,10H2,(H,27,28)(H,22,23,25). The highest BCUT2D eigenvalue weighted by atomic mass is 35.5. The molecular weight excluding hydrogens is 410 g/mol. The van der Waals surface area contributed by atoms with Crippen molar-refractivity contribution in [3.63, 3.8) is 0 Å². The van der Waals surface area contributed by atoms with E-state index in [1.54, 1.807) is 24.5 Å². The van der Waals surface area contributed by atoms with E-state index in [2.05, 4.69) is 20.2 Å². The van der Waals surface area contributed by atoms with Gasteiger partial charge in [-0.15, -0.1) is 0 Å². The number of rotatable bonds is 4. The second kappa shape index (κ2) is 6.94. The lowest BCUT2D eigenvalue weighted by molar-refractivity contribution is -0.137. The first-order valence-electron chi connectivity index (χ1n) is 9.63. The molecule has 2 aliphatic rings. The Morgan fingerprint density at radius 3 is 2.90 bits per heavy atom. The number of carboxylic acids is 1. The second-order valence-corrected chi connectivity index (χ2v) is 8.05. The molecule has 0 saturated heterocycles. The number of nitrogens with one attached hydrogen (secondary N) is 1. The third-order valence-electron chi connectivity index (χ3n) is 5.89. The first-order chi connectivity index (χ1) is 14.5. The topological polar surface area (TPSA) is 121 Å². The van der Waals surface area contributed by atoms with Crippen molar-refractivity contribution in [2.24, 2.45) is 0 Å². The number of halogens is 1. The highest BCUT2D eigenvalue weighted by Gasteiger charge is 2.54. The van der Waals surface area contributed by atoms with Crippen molar-refractivity contribution in [1.82, 2.24) is 20.2 Å². The van der Waals surface area contributed by atoms with Crippen LogP contribution >= 0.6 is 11.6 Å². The molecule has 0 bridgehead atoms. The summed E-state index contributed by atoms with van der Waals surface area (Å²) in [7, 11) is 0. The Kier molecular flexibility index (Phi) is 4.35. The molecule has 0 atom stereocenters. The van der Waals surface area contributed by atoms with E-state index in [1.165, 1.54) is 4.90 Å². The fourth-order valence-electron chi connectivity index (χ4n) is 4.49. The van der Waals surface area contributed by atoms with Crippen LogP contribution in [0.1, 0.15) is 31.4 Å². The maximum Gasteiger partial charge on any atom is 0.323 e. The van der Waals surface area contributed by atoms with Crippen LogP contribution in [0.3, 0.4) is 0 Å². The van der Waals surface area contributed by atoms with Crippen LogP contribution in [0.25, 0.3) is 11.0 Å². The smallest absolute Gasteiger partial charge is 0.323 e. The number of amides is 1. The second-order valence-electron chi connectivity index (χ2n) is 7.66. The molecule has 1 amide bonds. The van der Waals surface area contributed by atoms with Crippen molar-refractivity contribution in [3.8, 4) is 5.75 Å². The number of aromatic nitrogens is 4. The predicted octanol–water partition coefficient (Wildman–Crippen LogP) is 2.70. The predicted molar refractivity (Wildman–Crippen MR) is 108 cm³/mol. The van der Waals surface area contributed by atoms with Gasteiger partial charge in [0, 0.05) is 5.39 Å². The van der Waals surface area contributed by atoms with Crippen LogP contribution in [-0.4, -0.2) is 49.8 Å². The van der Waals surface area contributed by atoms with Crippen molar-refractivity contribution in [3.05, 3.63) is 41.4 Å². The van der Waals surface area contributed by atoms with E-state index in [0.29, 0.717) is 48.5 Å². The average molecular weight is 428 g/mol. The molecule has 1 aliphatic heterocycles. The zero-order valence-electron chi connectivity index (χ0n) is 15.8. The van der Waals surface area contributed by atoms with Crippen LogP contribution in [0.5, 0.6) is 5.75 Å². The van der Waals surface area contributed by atoms with Gasteiger partial charge in [-0.1, -0.05) is 11.6 Å². The Balaban J connectivity index is 1.38. The summed E-state index contributed by atoms with van der Waals surface area (Å²) in [6.07, 6.45) is 5.53. The Labute approximate surface area is 176 Å². The number of hydrogen-bond donors (Lipinski definition) is 2. The Morgan fingerprint density at radius 1 is 1.33 bits per heavy atom. The Morgan fingerprint density at radius 2 is 2.13 bits per heavy atom. The number of nitrogens with zero attached hydrogens (tertiary/aromatic N) is 4. The molecule has 9 nitrogen and oxygen atoms in total. The van der Waals surface area contributed by atoms with Crippen LogP contribution in [0, 0.1) is 0 Å². The Bertz CT molecular complexity index is 1160. The van der Waals surface area contributed by atoms with Crippen molar-refractivity contribution >= 4 is 40.2 Å². The van der Waals surface area contributed by atoms with Gasteiger partial charge >= 0.3 is 5.97 Å². The maximum atomic E-state index is 13.3. The van der Waals surface area contributed by atoms with Gasteiger partial charge in [0.15, 0.2) is 5.65 Å². The zero-order chi connectivity index (χ0) is 20.9. The number of ether oxygens (including phenoxy) is 1. The van der Waals surface area contributed by atoms with Gasteiger partial charge in [-0.05, 0) is 43.9 Å². The SMILES string of the molecule is O=C(O)CN1C(=O)C2(CCC(Oc3cnc4[nH]ncc4c3)CC2)c2nc(Cl)ccc21. The molecule has 5 rings (SSSR count). The number of H-pyrrole nitrogens is 1. The lowest BCUT2D eigenvalue weighted by atomic mass is 9.71. The number of fused-ring (bicyclic) bond motifs is 3. The number of aromatic amines is 1. The monoisotopic (exact) mass is 427 g/mol. The van der Waals surface area contributed by atoms with Gasteiger partial charge in [0.1, 0.15) is 17.4 Å². The molecule has 10 heteroatoms. The van der Waals surface area contributed by atoms with Gasteiger partial charge in [0.2, 0.25) is 5.91 Å². The Hall–Kier alpha value is -3.20. The molecule has 1 saturated carbocycles. The van der Waals surface area contributed by atoms with E-state index in [4.69, 9.17) is 16.3 Å². The lowest BCUT2D eigenvalue weighted by Crippen LogP contribution is -2.46. The molecule has 2 N–H and O–H groups in total. The first-order valence-corrected chi connectivity index (χ1v) is 10.0. The average Bonchev–Trinajstić information content (AvgIpc) is 3.27.